The number of ether oxygens (including phenoxy) is 2. The van der Waals surface area contributed by atoms with E-state index in [2.05, 4.69) is 4.74 Å². The quantitative estimate of drug-likeness (QED) is 0.615. The van der Waals surface area contributed by atoms with Crippen molar-refractivity contribution < 1.29 is 27.5 Å². The average molecular weight is 459 g/mol. The van der Waals surface area contributed by atoms with Gasteiger partial charge in [0.05, 0.1) is 17.0 Å². The van der Waals surface area contributed by atoms with Gasteiger partial charge in [0.1, 0.15) is 9.96 Å². The molecule has 1 saturated heterocycles. The largest absolute Gasteiger partial charge is 0.484 e. The Morgan fingerprint density at radius 1 is 1.14 bits per heavy atom. The molecule has 2 heterocycles. The second-order valence-corrected chi connectivity index (χ2v) is 10.0. The number of halogens is 1. The molecule has 156 valence electrons. The van der Waals surface area contributed by atoms with E-state index in [0.717, 1.165) is 11.3 Å². The number of methoxy groups -OCH3 is 1. The van der Waals surface area contributed by atoms with Gasteiger partial charge in [-0.1, -0.05) is 17.7 Å². The molecule has 29 heavy (non-hydrogen) atoms. The molecule has 0 bridgehead atoms. The molecule has 0 spiro atoms. The first-order valence-corrected chi connectivity index (χ1v) is 11.3. The molecule has 1 aliphatic heterocycles. The van der Waals surface area contributed by atoms with Crippen molar-refractivity contribution in [3.8, 4) is 5.75 Å². The highest BCUT2D eigenvalue weighted by Crippen LogP contribution is 2.28. The van der Waals surface area contributed by atoms with Gasteiger partial charge in [-0.2, -0.15) is 4.31 Å². The van der Waals surface area contributed by atoms with E-state index in [9.17, 15) is 18.0 Å². The molecule has 0 saturated carbocycles. The Morgan fingerprint density at radius 3 is 2.48 bits per heavy atom. The minimum Gasteiger partial charge on any atom is -0.484 e. The van der Waals surface area contributed by atoms with Crippen molar-refractivity contribution in [3.63, 3.8) is 0 Å². The first-order valence-electron chi connectivity index (χ1n) is 8.65. The fourth-order valence-corrected chi connectivity index (χ4v) is 5.87. The van der Waals surface area contributed by atoms with E-state index in [-0.39, 0.29) is 42.9 Å². The van der Waals surface area contributed by atoms with Crippen LogP contribution in [-0.2, 0) is 19.6 Å². The van der Waals surface area contributed by atoms with E-state index in [0.29, 0.717) is 15.6 Å². The summed E-state index contributed by atoms with van der Waals surface area (Å²) in [5, 5.41) is 0. The molecule has 3 rings (SSSR count). The number of benzene rings is 1. The van der Waals surface area contributed by atoms with Crippen LogP contribution in [0.1, 0.15) is 10.4 Å². The van der Waals surface area contributed by atoms with E-state index in [1.165, 1.54) is 23.5 Å². The second kappa shape index (κ2) is 9.12. The standard InChI is InChI=1S/C18H19ClN2O6S2/c1-26-18(23)13-3-2-4-14(11-13)27-12-16(22)20-7-9-21(10-8-20)29(24,25)17-6-5-15(19)28-17/h2-6,11H,7-10,12H2,1H3. The van der Waals surface area contributed by atoms with Crippen LogP contribution in [0.2, 0.25) is 4.34 Å². The number of piperazine rings is 1. The molecule has 0 unspecified atom stereocenters. The molecule has 11 heteroatoms. The Bertz CT molecular complexity index is 999. The lowest BCUT2D eigenvalue weighted by Gasteiger charge is -2.33. The van der Waals surface area contributed by atoms with Crippen LogP contribution in [0.5, 0.6) is 5.75 Å². The lowest BCUT2D eigenvalue weighted by Crippen LogP contribution is -2.51. The summed E-state index contributed by atoms with van der Waals surface area (Å²) in [5.41, 5.74) is 0.324. The van der Waals surface area contributed by atoms with Gasteiger partial charge in [-0.05, 0) is 30.3 Å². The topological polar surface area (TPSA) is 93.2 Å². The predicted octanol–water partition coefficient (Wildman–Crippen LogP) is 2.10. The van der Waals surface area contributed by atoms with Gasteiger partial charge in [0, 0.05) is 26.2 Å². The van der Waals surface area contributed by atoms with E-state index in [1.807, 2.05) is 0 Å². The molecule has 0 N–H and O–H groups in total. The van der Waals surface area contributed by atoms with Gasteiger partial charge in [0.2, 0.25) is 0 Å². The third-order valence-corrected chi connectivity index (χ3v) is 7.95. The molecule has 1 aliphatic rings. The van der Waals surface area contributed by atoms with Crippen molar-refractivity contribution >= 4 is 44.8 Å². The third kappa shape index (κ3) is 5.08. The van der Waals surface area contributed by atoms with Gasteiger partial charge in [-0.25, -0.2) is 13.2 Å². The van der Waals surface area contributed by atoms with Crippen LogP contribution in [0.3, 0.4) is 0 Å². The summed E-state index contributed by atoms with van der Waals surface area (Å²) in [6, 6.07) is 9.38. The first-order chi connectivity index (χ1) is 13.8. The number of thiophene rings is 1. The highest BCUT2D eigenvalue weighted by Gasteiger charge is 2.31. The van der Waals surface area contributed by atoms with Gasteiger partial charge in [-0.3, -0.25) is 4.79 Å². The zero-order chi connectivity index (χ0) is 21.0. The first kappa shape index (κ1) is 21.6. The fourth-order valence-electron chi connectivity index (χ4n) is 2.81. The Kier molecular flexibility index (Phi) is 6.78. The smallest absolute Gasteiger partial charge is 0.337 e. The number of rotatable bonds is 6. The molecule has 1 amide bonds. The van der Waals surface area contributed by atoms with Gasteiger partial charge >= 0.3 is 5.97 Å². The molecule has 8 nitrogen and oxygen atoms in total. The number of nitrogens with zero attached hydrogens (tertiary/aromatic N) is 2. The fraction of sp³-hybridized carbons (Fsp3) is 0.333. The lowest BCUT2D eigenvalue weighted by molar-refractivity contribution is -0.134. The summed E-state index contributed by atoms with van der Waals surface area (Å²) in [5.74, 6) is -0.382. The maximum atomic E-state index is 12.6. The highest BCUT2D eigenvalue weighted by atomic mass is 35.5. The maximum Gasteiger partial charge on any atom is 0.337 e. The summed E-state index contributed by atoms with van der Waals surface area (Å²) in [4.78, 5) is 25.5. The SMILES string of the molecule is COC(=O)c1cccc(OCC(=O)N2CCN(S(=O)(=O)c3ccc(Cl)s3)CC2)c1. The molecule has 1 aromatic carbocycles. The van der Waals surface area contributed by atoms with Crippen molar-refractivity contribution in [2.45, 2.75) is 4.21 Å². The number of carbonyl (C=O) groups excluding carboxylic acids is 2. The van der Waals surface area contributed by atoms with Crippen molar-refractivity contribution in [3.05, 3.63) is 46.3 Å². The molecule has 1 aromatic heterocycles. The Labute approximate surface area is 177 Å². The van der Waals surface area contributed by atoms with E-state index >= 15 is 0 Å². The predicted molar refractivity (Wildman–Crippen MR) is 108 cm³/mol. The van der Waals surface area contributed by atoms with E-state index < -0.39 is 16.0 Å². The Balaban J connectivity index is 1.53. The summed E-state index contributed by atoms with van der Waals surface area (Å²) in [6.07, 6.45) is 0. The van der Waals surface area contributed by atoms with Crippen LogP contribution < -0.4 is 4.74 Å². The zero-order valence-corrected chi connectivity index (χ0v) is 17.9. The van der Waals surface area contributed by atoms with E-state index in [1.54, 1.807) is 29.2 Å². The van der Waals surface area contributed by atoms with Gasteiger partial charge in [-0.15, -0.1) is 11.3 Å². The van der Waals surface area contributed by atoms with Gasteiger partial charge in [0.15, 0.2) is 6.61 Å². The van der Waals surface area contributed by atoms with Crippen molar-refractivity contribution in [1.29, 1.82) is 0 Å². The van der Waals surface area contributed by atoms with Crippen LogP contribution in [0.25, 0.3) is 0 Å². The van der Waals surface area contributed by atoms with Crippen LogP contribution in [0.4, 0.5) is 0 Å². The molecule has 1 fully saturated rings. The number of hydrogen-bond acceptors (Lipinski definition) is 7. The van der Waals surface area contributed by atoms with Crippen molar-refractivity contribution in [2.24, 2.45) is 0 Å². The monoisotopic (exact) mass is 458 g/mol. The number of carbonyl (C=O) groups is 2. The number of sulfonamides is 1. The molecule has 0 aliphatic carbocycles. The normalized spacial score (nSPS) is 15.2. The van der Waals surface area contributed by atoms with Crippen LogP contribution >= 0.6 is 22.9 Å². The summed E-state index contributed by atoms with van der Waals surface area (Å²) in [7, 11) is -2.32. The minimum atomic E-state index is -3.61. The Hall–Kier alpha value is -2.14. The zero-order valence-electron chi connectivity index (χ0n) is 15.5. The van der Waals surface area contributed by atoms with Gasteiger partial charge in [0.25, 0.3) is 15.9 Å². The summed E-state index contributed by atoms with van der Waals surface area (Å²) in [6.45, 7) is 0.714. The maximum absolute atomic E-state index is 12.6. The van der Waals surface area contributed by atoms with Crippen LogP contribution in [0.15, 0.2) is 40.6 Å². The molecular formula is C18H19ClN2O6S2. The molecule has 2 aromatic rings. The molecular weight excluding hydrogens is 440 g/mol. The third-order valence-electron chi connectivity index (χ3n) is 4.35. The number of amides is 1. The minimum absolute atomic E-state index is 0.191. The molecule has 0 radical (unpaired) electrons. The average Bonchev–Trinajstić information content (AvgIpc) is 3.19. The lowest BCUT2D eigenvalue weighted by atomic mass is 10.2. The molecule has 0 atom stereocenters. The van der Waals surface area contributed by atoms with Crippen LogP contribution in [0, 0.1) is 0 Å². The second-order valence-electron chi connectivity index (χ2n) is 6.15. The van der Waals surface area contributed by atoms with Crippen LogP contribution in [-0.4, -0.2) is 69.4 Å². The highest BCUT2D eigenvalue weighted by molar-refractivity contribution is 7.91. The van der Waals surface area contributed by atoms with Gasteiger partial charge < -0.3 is 14.4 Å². The number of esters is 1. The van der Waals surface area contributed by atoms with Crippen molar-refractivity contribution in [1.82, 2.24) is 9.21 Å². The van der Waals surface area contributed by atoms with Crippen molar-refractivity contribution in [2.75, 3.05) is 39.9 Å². The number of hydrogen-bond donors (Lipinski definition) is 0. The van der Waals surface area contributed by atoms with E-state index in [4.69, 9.17) is 16.3 Å². The summed E-state index contributed by atoms with van der Waals surface area (Å²) >= 11 is 6.84. The summed E-state index contributed by atoms with van der Waals surface area (Å²) < 4.78 is 37.3. The Morgan fingerprint density at radius 2 is 1.86 bits per heavy atom.